The van der Waals surface area contributed by atoms with Crippen LogP contribution >= 0.6 is 0 Å². The molecular formula is C19H37N3. The van der Waals surface area contributed by atoms with Crippen LogP contribution in [0.4, 0.5) is 0 Å². The average molecular weight is 308 g/mol. The number of nitrogens with zero attached hydrogens (tertiary/aromatic N) is 2. The predicted octanol–water partition coefficient (Wildman–Crippen LogP) is 3.51. The van der Waals surface area contributed by atoms with Crippen LogP contribution in [0.2, 0.25) is 0 Å². The summed E-state index contributed by atoms with van der Waals surface area (Å²) in [5, 5.41) is 3.87. The highest BCUT2D eigenvalue weighted by Gasteiger charge is 2.52. The molecule has 3 nitrogen and oxygen atoms in total. The maximum Gasteiger partial charge on any atom is 0.0773 e. The van der Waals surface area contributed by atoms with Gasteiger partial charge in [-0.05, 0) is 50.1 Å². The summed E-state index contributed by atoms with van der Waals surface area (Å²) < 4.78 is 0. The van der Waals surface area contributed by atoms with Gasteiger partial charge < -0.3 is 5.32 Å². The minimum absolute atomic E-state index is 0.308. The Morgan fingerprint density at radius 3 is 2.36 bits per heavy atom. The van der Waals surface area contributed by atoms with Gasteiger partial charge in [-0.2, -0.15) is 0 Å². The van der Waals surface area contributed by atoms with Gasteiger partial charge in [0.1, 0.15) is 0 Å². The minimum atomic E-state index is 0.308. The summed E-state index contributed by atoms with van der Waals surface area (Å²) in [6.45, 7) is 12.2. The Kier molecular flexibility index (Phi) is 4.87. The van der Waals surface area contributed by atoms with Crippen LogP contribution in [0.5, 0.6) is 0 Å². The van der Waals surface area contributed by atoms with E-state index in [4.69, 9.17) is 0 Å². The largest absolute Gasteiger partial charge is 0.300 e. The van der Waals surface area contributed by atoms with E-state index in [0.717, 1.165) is 11.8 Å². The summed E-state index contributed by atoms with van der Waals surface area (Å²) in [5.74, 6) is 1.72. The van der Waals surface area contributed by atoms with Crippen molar-refractivity contribution in [3.05, 3.63) is 0 Å². The fourth-order valence-electron chi connectivity index (χ4n) is 5.54. The first-order valence-corrected chi connectivity index (χ1v) is 9.60. The molecular weight excluding hydrogens is 270 g/mol. The number of hydrogen-bond donors (Lipinski definition) is 1. The van der Waals surface area contributed by atoms with Crippen molar-refractivity contribution in [2.75, 3.05) is 20.1 Å². The lowest BCUT2D eigenvalue weighted by molar-refractivity contribution is 0.0202. The van der Waals surface area contributed by atoms with Crippen molar-refractivity contribution in [2.24, 2.45) is 17.3 Å². The zero-order valence-corrected chi connectivity index (χ0v) is 15.4. The van der Waals surface area contributed by atoms with Crippen molar-refractivity contribution < 1.29 is 0 Å². The van der Waals surface area contributed by atoms with E-state index in [1.165, 1.54) is 51.6 Å². The molecule has 0 spiro atoms. The van der Waals surface area contributed by atoms with Gasteiger partial charge in [-0.25, -0.2) is 0 Å². The predicted molar refractivity (Wildman–Crippen MR) is 93.6 cm³/mol. The smallest absolute Gasteiger partial charge is 0.0773 e. The fourth-order valence-corrected chi connectivity index (χ4v) is 5.54. The number of nitrogens with one attached hydrogen (secondary N) is 1. The summed E-state index contributed by atoms with van der Waals surface area (Å²) in [6.07, 6.45) is 9.71. The lowest BCUT2D eigenvalue weighted by atomic mass is 9.87. The van der Waals surface area contributed by atoms with Crippen molar-refractivity contribution in [3.8, 4) is 0 Å². The van der Waals surface area contributed by atoms with E-state index in [-0.39, 0.29) is 0 Å². The number of fused-ring (bicyclic) bond motifs is 1. The van der Waals surface area contributed by atoms with Gasteiger partial charge in [-0.1, -0.05) is 47.0 Å². The average Bonchev–Trinajstić information content (AvgIpc) is 2.74. The van der Waals surface area contributed by atoms with Gasteiger partial charge in [0.05, 0.1) is 12.3 Å². The zero-order valence-electron chi connectivity index (χ0n) is 15.4. The molecule has 2 aliphatic heterocycles. The Hall–Kier alpha value is -0.120. The summed E-state index contributed by atoms with van der Waals surface area (Å²) in [7, 11) is 2.37. The maximum atomic E-state index is 3.87. The molecule has 0 aromatic heterocycles. The summed E-state index contributed by atoms with van der Waals surface area (Å²) in [6, 6.07) is 0.682. The highest BCUT2D eigenvalue weighted by molar-refractivity contribution is 5.03. The number of hydrogen-bond acceptors (Lipinski definition) is 3. The van der Waals surface area contributed by atoms with Crippen LogP contribution in [0.1, 0.15) is 66.2 Å². The van der Waals surface area contributed by atoms with E-state index >= 15 is 0 Å². The number of likely N-dealkylation sites (N-methyl/N-ethyl adjacent to an activating group) is 1. The van der Waals surface area contributed by atoms with Gasteiger partial charge in [0.15, 0.2) is 0 Å². The SMILES string of the molecule is CC1CCNC2C1N(C)C(C(C)(C)C)N2CC1CCCCC1. The van der Waals surface area contributed by atoms with Crippen molar-refractivity contribution >= 4 is 0 Å². The van der Waals surface area contributed by atoms with Crippen LogP contribution in [-0.2, 0) is 0 Å². The molecule has 4 unspecified atom stereocenters. The molecule has 3 fully saturated rings. The second-order valence-electron chi connectivity index (χ2n) is 9.26. The molecule has 0 amide bonds. The first-order valence-electron chi connectivity index (χ1n) is 9.60. The molecule has 1 saturated carbocycles. The molecule has 128 valence electrons. The number of piperidine rings is 1. The molecule has 1 N–H and O–H groups in total. The first kappa shape index (κ1) is 16.7. The lowest BCUT2D eigenvalue weighted by Gasteiger charge is -2.41. The van der Waals surface area contributed by atoms with Crippen LogP contribution in [0, 0.1) is 17.3 Å². The molecule has 3 rings (SSSR count). The van der Waals surface area contributed by atoms with Crippen LogP contribution in [0.3, 0.4) is 0 Å². The Bertz CT molecular complexity index is 369. The standard InChI is InChI=1S/C19H37N3/c1-14-11-12-20-17-16(14)21(5)18(19(2,3)4)22(17)13-15-9-7-6-8-10-15/h14-18,20H,6-13H2,1-5H3. The Balaban J connectivity index is 1.82. The second-order valence-corrected chi connectivity index (χ2v) is 9.26. The van der Waals surface area contributed by atoms with Gasteiger partial charge in [0, 0.05) is 12.6 Å². The van der Waals surface area contributed by atoms with Gasteiger partial charge in [0.25, 0.3) is 0 Å². The van der Waals surface area contributed by atoms with Crippen molar-refractivity contribution in [3.63, 3.8) is 0 Å². The van der Waals surface area contributed by atoms with E-state index in [1.807, 2.05) is 0 Å². The van der Waals surface area contributed by atoms with E-state index in [2.05, 4.69) is 49.9 Å². The van der Waals surface area contributed by atoms with Crippen molar-refractivity contribution in [1.29, 1.82) is 0 Å². The van der Waals surface area contributed by atoms with E-state index in [1.54, 1.807) is 0 Å². The third-order valence-corrected chi connectivity index (χ3v) is 6.36. The highest BCUT2D eigenvalue weighted by atomic mass is 15.5. The summed E-state index contributed by atoms with van der Waals surface area (Å²) in [4.78, 5) is 5.54. The molecule has 2 heterocycles. The number of rotatable bonds is 2. The third-order valence-electron chi connectivity index (χ3n) is 6.36. The van der Waals surface area contributed by atoms with Gasteiger partial charge >= 0.3 is 0 Å². The topological polar surface area (TPSA) is 18.5 Å². The van der Waals surface area contributed by atoms with Gasteiger partial charge in [-0.15, -0.1) is 0 Å². The molecule has 22 heavy (non-hydrogen) atoms. The fraction of sp³-hybridized carbons (Fsp3) is 1.00. The van der Waals surface area contributed by atoms with Gasteiger partial charge in [0.2, 0.25) is 0 Å². The van der Waals surface area contributed by atoms with E-state index < -0.39 is 0 Å². The Morgan fingerprint density at radius 2 is 1.73 bits per heavy atom. The maximum absolute atomic E-state index is 3.87. The lowest BCUT2D eigenvalue weighted by Crippen LogP contribution is -2.56. The van der Waals surface area contributed by atoms with Crippen LogP contribution in [0.25, 0.3) is 0 Å². The molecule has 3 aliphatic rings. The Morgan fingerprint density at radius 1 is 1.05 bits per heavy atom. The molecule has 1 aliphatic carbocycles. The van der Waals surface area contributed by atoms with Crippen LogP contribution in [0.15, 0.2) is 0 Å². The van der Waals surface area contributed by atoms with Gasteiger partial charge in [-0.3, -0.25) is 9.80 Å². The second kappa shape index (κ2) is 6.41. The van der Waals surface area contributed by atoms with E-state index in [9.17, 15) is 0 Å². The first-order chi connectivity index (χ1) is 10.4. The molecule has 2 saturated heterocycles. The van der Waals surface area contributed by atoms with Crippen LogP contribution in [-0.4, -0.2) is 48.3 Å². The molecule has 0 bridgehead atoms. The highest BCUT2D eigenvalue weighted by Crippen LogP contribution is 2.41. The molecule has 3 heteroatoms. The molecule has 0 aromatic rings. The van der Waals surface area contributed by atoms with Crippen LogP contribution < -0.4 is 5.32 Å². The molecule has 0 radical (unpaired) electrons. The zero-order chi connectivity index (χ0) is 15.9. The Labute approximate surface area is 137 Å². The van der Waals surface area contributed by atoms with Crippen molar-refractivity contribution in [1.82, 2.24) is 15.1 Å². The third kappa shape index (κ3) is 3.09. The minimum Gasteiger partial charge on any atom is -0.300 e. The molecule has 0 aromatic carbocycles. The quantitative estimate of drug-likeness (QED) is 0.842. The summed E-state index contributed by atoms with van der Waals surface area (Å²) in [5.41, 5.74) is 0.308. The summed E-state index contributed by atoms with van der Waals surface area (Å²) >= 11 is 0. The van der Waals surface area contributed by atoms with Crippen molar-refractivity contribution in [2.45, 2.75) is 84.6 Å². The monoisotopic (exact) mass is 307 g/mol. The normalized spacial score (nSPS) is 39.1. The molecule has 4 atom stereocenters. The van der Waals surface area contributed by atoms with E-state index in [0.29, 0.717) is 23.8 Å².